The summed E-state index contributed by atoms with van der Waals surface area (Å²) in [7, 11) is -1.64. The lowest BCUT2D eigenvalue weighted by molar-refractivity contribution is -0.142. The Morgan fingerprint density at radius 1 is 1.33 bits per heavy atom. The van der Waals surface area contributed by atoms with Crippen molar-refractivity contribution in [2.24, 2.45) is 11.8 Å². The third kappa shape index (κ3) is 3.48. The summed E-state index contributed by atoms with van der Waals surface area (Å²) in [6.45, 7) is 0.541. The van der Waals surface area contributed by atoms with Gasteiger partial charge in [-0.3, -0.25) is 0 Å². The number of nitrogens with zero attached hydrogens (tertiary/aromatic N) is 2. The number of urea groups is 1. The topological polar surface area (TPSA) is 95.0 Å². The van der Waals surface area contributed by atoms with Crippen LogP contribution in [0.2, 0.25) is 0 Å². The molecule has 2 aliphatic rings. The maximum absolute atomic E-state index is 12.4. The Kier molecular flexibility index (Phi) is 4.46. The summed E-state index contributed by atoms with van der Waals surface area (Å²) in [5, 5.41) is 9.41. The smallest absolute Gasteiger partial charge is 0.326 e. The van der Waals surface area contributed by atoms with Crippen LogP contribution < -0.4 is 0 Å². The molecular weight excluding hydrogens is 296 g/mol. The molecule has 0 bridgehead atoms. The number of hydrogen-bond donors (Lipinski definition) is 1. The highest BCUT2D eigenvalue weighted by Crippen LogP contribution is 2.42. The lowest BCUT2D eigenvalue weighted by Crippen LogP contribution is -2.49. The van der Waals surface area contributed by atoms with Crippen molar-refractivity contribution in [3.8, 4) is 0 Å². The SMILES string of the molecule is CN(CCS(C)(=O)=O)C(=O)N1CC2CCCC2C1C(=O)O. The van der Waals surface area contributed by atoms with Crippen molar-refractivity contribution < 1.29 is 23.1 Å². The van der Waals surface area contributed by atoms with Crippen molar-refractivity contribution in [3.63, 3.8) is 0 Å². The Hall–Kier alpha value is -1.31. The largest absolute Gasteiger partial charge is 0.480 e. The molecule has 21 heavy (non-hydrogen) atoms. The Morgan fingerprint density at radius 2 is 2.00 bits per heavy atom. The molecule has 0 aromatic rings. The zero-order valence-corrected chi connectivity index (χ0v) is 13.2. The fourth-order valence-electron chi connectivity index (χ4n) is 3.44. The number of fused-ring (bicyclic) bond motifs is 1. The summed E-state index contributed by atoms with van der Waals surface area (Å²) in [4.78, 5) is 26.6. The van der Waals surface area contributed by atoms with Crippen molar-refractivity contribution in [2.75, 3.05) is 32.1 Å². The van der Waals surface area contributed by atoms with Crippen molar-refractivity contribution in [2.45, 2.75) is 25.3 Å². The van der Waals surface area contributed by atoms with E-state index in [1.54, 1.807) is 0 Å². The lowest BCUT2D eigenvalue weighted by Gasteiger charge is -2.29. The van der Waals surface area contributed by atoms with Gasteiger partial charge in [-0.1, -0.05) is 6.42 Å². The first kappa shape index (κ1) is 16.1. The van der Waals surface area contributed by atoms with Gasteiger partial charge in [0.2, 0.25) is 0 Å². The Balaban J connectivity index is 2.05. The minimum absolute atomic E-state index is 0.0368. The minimum Gasteiger partial charge on any atom is -0.480 e. The van der Waals surface area contributed by atoms with Crippen LogP contribution in [0.3, 0.4) is 0 Å². The van der Waals surface area contributed by atoms with E-state index in [4.69, 9.17) is 0 Å². The standard InChI is InChI=1S/C13H22N2O5S/c1-14(6-7-21(2,19)20)13(18)15-8-9-4-3-5-10(9)11(15)12(16)17/h9-11H,3-8H2,1-2H3,(H,16,17). The first-order valence-corrected chi connectivity index (χ1v) is 9.19. The van der Waals surface area contributed by atoms with Crippen LogP contribution in [0.1, 0.15) is 19.3 Å². The number of carboxylic acid groups (broad SMARTS) is 1. The van der Waals surface area contributed by atoms with E-state index < -0.39 is 21.8 Å². The van der Waals surface area contributed by atoms with Crippen LogP contribution >= 0.6 is 0 Å². The molecule has 1 heterocycles. The molecule has 2 rings (SSSR count). The van der Waals surface area contributed by atoms with Crippen molar-refractivity contribution in [3.05, 3.63) is 0 Å². The molecule has 7 nitrogen and oxygen atoms in total. The molecule has 0 aromatic carbocycles. The summed E-state index contributed by atoms with van der Waals surface area (Å²) in [6.07, 6.45) is 3.94. The minimum atomic E-state index is -3.15. The number of amides is 2. The number of hydrogen-bond acceptors (Lipinski definition) is 4. The van der Waals surface area contributed by atoms with Gasteiger partial charge >= 0.3 is 12.0 Å². The number of rotatable bonds is 4. The van der Waals surface area contributed by atoms with Gasteiger partial charge in [-0.2, -0.15) is 0 Å². The third-order valence-corrected chi connectivity index (χ3v) is 5.44. The average molecular weight is 318 g/mol. The molecular formula is C13H22N2O5S. The molecule has 0 aromatic heterocycles. The van der Waals surface area contributed by atoms with E-state index in [0.29, 0.717) is 6.54 Å². The lowest BCUT2D eigenvalue weighted by atomic mass is 9.94. The van der Waals surface area contributed by atoms with E-state index >= 15 is 0 Å². The molecule has 2 fully saturated rings. The van der Waals surface area contributed by atoms with Crippen molar-refractivity contribution in [1.82, 2.24) is 9.80 Å². The molecule has 8 heteroatoms. The molecule has 1 saturated carbocycles. The molecule has 1 aliphatic carbocycles. The highest BCUT2D eigenvalue weighted by molar-refractivity contribution is 7.90. The van der Waals surface area contributed by atoms with E-state index in [0.717, 1.165) is 25.5 Å². The van der Waals surface area contributed by atoms with Crippen LogP contribution in [0.15, 0.2) is 0 Å². The molecule has 3 atom stereocenters. The highest BCUT2D eigenvalue weighted by atomic mass is 32.2. The molecule has 0 spiro atoms. The maximum atomic E-state index is 12.4. The number of likely N-dealkylation sites (tertiary alicyclic amines) is 1. The normalized spacial score (nSPS) is 28.5. The molecule has 1 N–H and O–H groups in total. The summed E-state index contributed by atoms with van der Waals surface area (Å²) >= 11 is 0. The van der Waals surface area contributed by atoms with Crippen LogP contribution in [-0.4, -0.2) is 73.5 Å². The van der Waals surface area contributed by atoms with Crippen molar-refractivity contribution >= 4 is 21.8 Å². The van der Waals surface area contributed by atoms with Gasteiger partial charge in [0.25, 0.3) is 0 Å². The van der Waals surface area contributed by atoms with E-state index in [1.165, 1.54) is 16.8 Å². The second-order valence-electron chi connectivity index (χ2n) is 6.12. The highest BCUT2D eigenvalue weighted by Gasteiger charge is 2.50. The molecule has 3 unspecified atom stereocenters. The van der Waals surface area contributed by atoms with Crippen LogP contribution in [0, 0.1) is 11.8 Å². The van der Waals surface area contributed by atoms with E-state index in [2.05, 4.69) is 0 Å². The third-order valence-electron chi connectivity index (χ3n) is 4.51. The summed E-state index contributed by atoms with van der Waals surface area (Å²) in [5.41, 5.74) is 0. The van der Waals surface area contributed by atoms with Gasteiger partial charge < -0.3 is 14.9 Å². The van der Waals surface area contributed by atoms with E-state index in [-0.39, 0.29) is 30.2 Å². The molecule has 0 radical (unpaired) electrons. The summed E-state index contributed by atoms with van der Waals surface area (Å²) < 4.78 is 22.3. The molecule has 1 aliphatic heterocycles. The van der Waals surface area contributed by atoms with Gasteiger partial charge in [0.15, 0.2) is 0 Å². The van der Waals surface area contributed by atoms with Crippen LogP contribution in [0.5, 0.6) is 0 Å². The summed E-state index contributed by atoms with van der Waals surface area (Å²) in [6, 6.07) is -1.16. The van der Waals surface area contributed by atoms with Gasteiger partial charge in [0.1, 0.15) is 15.9 Å². The van der Waals surface area contributed by atoms with E-state index in [9.17, 15) is 23.1 Å². The van der Waals surface area contributed by atoms with Gasteiger partial charge in [0, 0.05) is 26.4 Å². The molecule has 2 amide bonds. The molecule has 1 saturated heterocycles. The van der Waals surface area contributed by atoms with E-state index in [1.807, 2.05) is 0 Å². The fraction of sp³-hybridized carbons (Fsp3) is 0.846. The number of carbonyl (C=O) groups excluding carboxylic acids is 1. The average Bonchev–Trinajstić information content (AvgIpc) is 2.92. The Morgan fingerprint density at radius 3 is 2.57 bits per heavy atom. The second kappa shape index (κ2) is 5.82. The van der Waals surface area contributed by atoms with Gasteiger partial charge in [-0.05, 0) is 24.7 Å². The number of carboxylic acids is 1. The van der Waals surface area contributed by atoms with Crippen LogP contribution in [0.4, 0.5) is 4.79 Å². The zero-order valence-electron chi connectivity index (χ0n) is 12.4. The first-order valence-electron chi connectivity index (χ1n) is 7.13. The quantitative estimate of drug-likeness (QED) is 0.802. The molecule has 120 valence electrons. The number of sulfone groups is 1. The first-order chi connectivity index (χ1) is 9.70. The van der Waals surface area contributed by atoms with Gasteiger partial charge in [-0.15, -0.1) is 0 Å². The Labute approximate surface area is 124 Å². The summed E-state index contributed by atoms with van der Waals surface area (Å²) in [5.74, 6) is -0.782. The van der Waals surface area contributed by atoms with Gasteiger partial charge in [0.05, 0.1) is 5.75 Å². The predicted octanol–water partition coefficient (Wildman–Crippen LogP) is 0.268. The zero-order chi connectivity index (χ0) is 15.8. The fourth-order valence-corrected chi connectivity index (χ4v) is 4.04. The van der Waals surface area contributed by atoms with Crippen LogP contribution in [0.25, 0.3) is 0 Å². The second-order valence-corrected chi connectivity index (χ2v) is 8.38. The number of aliphatic carboxylic acids is 1. The maximum Gasteiger partial charge on any atom is 0.326 e. The Bertz CT molecular complexity index is 533. The number of carbonyl (C=O) groups is 2. The van der Waals surface area contributed by atoms with Crippen LogP contribution in [-0.2, 0) is 14.6 Å². The van der Waals surface area contributed by atoms with Crippen molar-refractivity contribution in [1.29, 1.82) is 0 Å². The predicted molar refractivity (Wildman–Crippen MR) is 76.7 cm³/mol. The van der Waals surface area contributed by atoms with Gasteiger partial charge in [-0.25, -0.2) is 18.0 Å². The monoisotopic (exact) mass is 318 g/mol.